The van der Waals surface area contributed by atoms with Gasteiger partial charge in [0.15, 0.2) is 0 Å². The second-order valence-corrected chi connectivity index (χ2v) is 6.92. The molecule has 2 rings (SSSR count). The minimum atomic E-state index is -0.212. The van der Waals surface area contributed by atoms with Crippen LogP contribution in [0.15, 0.2) is 32.0 Å². The summed E-state index contributed by atoms with van der Waals surface area (Å²) < 4.78 is 1.66. The second-order valence-electron chi connectivity index (χ2n) is 3.17. The fourth-order valence-corrected chi connectivity index (χ4v) is 3.95. The van der Waals surface area contributed by atoms with Crippen LogP contribution in [-0.2, 0) is 0 Å². The number of anilines is 2. The van der Waals surface area contributed by atoms with E-state index in [1.54, 1.807) is 18.2 Å². The second kappa shape index (κ2) is 5.16. The Bertz CT molecular complexity index is 553. The lowest BCUT2D eigenvalue weighted by Crippen LogP contribution is -2.12. The predicted octanol–water partition coefficient (Wildman–Crippen LogP) is 3.50. The number of amides is 1. The average Bonchev–Trinajstić information content (AvgIpc) is 2.61. The maximum Gasteiger partial charge on any atom is 0.258 e. The van der Waals surface area contributed by atoms with E-state index < -0.39 is 0 Å². The number of rotatable bonds is 2. The number of nitrogens with one attached hydrogen (secondary N) is 1. The molecule has 0 bridgehead atoms. The van der Waals surface area contributed by atoms with Crippen LogP contribution in [0, 0.1) is 0 Å². The normalized spacial score (nSPS) is 10.2. The van der Waals surface area contributed by atoms with Gasteiger partial charge in [-0.05, 0) is 50.1 Å². The monoisotopic (exact) mass is 375 g/mol. The number of nitrogen functional groups attached to an aromatic ring is 1. The van der Waals surface area contributed by atoms with E-state index in [2.05, 4.69) is 42.2 Å². The van der Waals surface area contributed by atoms with Gasteiger partial charge in [-0.15, -0.1) is 11.3 Å². The van der Waals surface area contributed by atoms with Gasteiger partial charge in [0.25, 0.3) is 5.91 Å². The molecule has 0 unspecified atom stereocenters. The molecule has 0 aliphatic rings. The zero-order chi connectivity index (χ0) is 12.4. The summed E-state index contributed by atoms with van der Waals surface area (Å²) in [4.78, 5) is 15.9. The Labute approximate surface area is 118 Å². The van der Waals surface area contributed by atoms with E-state index in [9.17, 15) is 4.79 Å². The average molecular weight is 377 g/mol. The van der Waals surface area contributed by atoms with Gasteiger partial charge in [0.1, 0.15) is 5.82 Å². The van der Waals surface area contributed by atoms with Crippen molar-refractivity contribution in [3.05, 3.63) is 37.5 Å². The molecule has 0 spiro atoms. The molecular formula is C10H7Br2N3OS. The summed E-state index contributed by atoms with van der Waals surface area (Å²) in [6.45, 7) is 0. The molecule has 0 aliphatic heterocycles. The Hall–Kier alpha value is -0.920. The highest BCUT2D eigenvalue weighted by molar-refractivity contribution is 9.12. The summed E-state index contributed by atoms with van der Waals surface area (Å²) in [5, 5.41) is 2.69. The fourth-order valence-electron chi connectivity index (χ4n) is 1.16. The lowest BCUT2D eigenvalue weighted by molar-refractivity contribution is 0.102. The Kier molecular flexibility index (Phi) is 3.80. The van der Waals surface area contributed by atoms with Crippen molar-refractivity contribution in [2.24, 2.45) is 0 Å². The number of hydrogen-bond donors (Lipinski definition) is 2. The van der Waals surface area contributed by atoms with E-state index in [0.29, 0.717) is 17.1 Å². The Morgan fingerprint density at radius 2 is 2.18 bits per heavy atom. The highest BCUT2D eigenvalue weighted by atomic mass is 79.9. The first-order chi connectivity index (χ1) is 8.06. The number of halogens is 2. The summed E-state index contributed by atoms with van der Waals surface area (Å²) in [6.07, 6.45) is 1.49. The quantitative estimate of drug-likeness (QED) is 0.842. The van der Waals surface area contributed by atoms with Crippen LogP contribution in [0.2, 0.25) is 0 Å². The largest absolute Gasteiger partial charge is 0.397 e. The van der Waals surface area contributed by atoms with Crippen LogP contribution in [0.4, 0.5) is 11.5 Å². The molecule has 0 radical (unpaired) electrons. The smallest absolute Gasteiger partial charge is 0.258 e. The molecule has 88 valence electrons. The molecule has 0 aromatic carbocycles. The number of nitrogens with zero attached hydrogens (tertiary/aromatic N) is 1. The van der Waals surface area contributed by atoms with Gasteiger partial charge in [0, 0.05) is 0 Å². The number of thiophene rings is 1. The molecule has 3 N–H and O–H groups in total. The third kappa shape index (κ3) is 3.05. The van der Waals surface area contributed by atoms with Gasteiger partial charge in [-0.25, -0.2) is 4.98 Å². The highest BCUT2D eigenvalue weighted by Crippen LogP contribution is 2.32. The first-order valence-corrected chi connectivity index (χ1v) is 6.94. The third-order valence-electron chi connectivity index (χ3n) is 1.93. The van der Waals surface area contributed by atoms with Gasteiger partial charge in [0.05, 0.1) is 25.0 Å². The molecule has 4 nitrogen and oxygen atoms in total. The van der Waals surface area contributed by atoms with Gasteiger partial charge < -0.3 is 11.1 Å². The molecular weight excluding hydrogens is 370 g/mol. The van der Waals surface area contributed by atoms with Crippen LogP contribution in [0.1, 0.15) is 10.4 Å². The molecule has 17 heavy (non-hydrogen) atoms. The Morgan fingerprint density at radius 1 is 1.41 bits per heavy atom. The third-order valence-corrected chi connectivity index (χ3v) is 4.27. The minimum absolute atomic E-state index is 0.212. The first-order valence-electron chi connectivity index (χ1n) is 4.54. The number of nitrogens with two attached hydrogens (primary N) is 1. The lowest BCUT2D eigenvalue weighted by atomic mass is 10.3. The van der Waals surface area contributed by atoms with Crippen molar-refractivity contribution in [3.63, 3.8) is 0 Å². The van der Waals surface area contributed by atoms with Crippen LogP contribution in [0.25, 0.3) is 0 Å². The molecule has 0 saturated heterocycles. The summed E-state index contributed by atoms with van der Waals surface area (Å²) in [5.41, 5.74) is 6.64. The van der Waals surface area contributed by atoms with Crippen LogP contribution >= 0.6 is 43.2 Å². The van der Waals surface area contributed by atoms with Gasteiger partial charge in [-0.1, -0.05) is 0 Å². The molecule has 1 amide bonds. The Morgan fingerprint density at radius 3 is 2.71 bits per heavy atom. The maximum atomic E-state index is 11.9. The molecule has 2 aromatic rings. The van der Waals surface area contributed by atoms with E-state index in [1.807, 2.05) is 0 Å². The van der Waals surface area contributed by atoms with Crippen LogP contribution in [0.5, 0.6) is 0 Å². The van der Waals surface area contributed by atoms with Crippen molar-refractivity contribution in [2.45, 2.75) is 0 Å². The van der Waals surface area contributed by atoms with E-state index >= 15 is 0 Å². The van der Waals surface area contributed by atoms with E-state index in [0.717, 1.165) is 7.57 Å². The summed E-state index contributed by atoms with van der Waals surface area (Å²) in [7, 11) is 0. The lowest BCUT2D eigenvalue weighted by Gasteiger charge is -2.03. The van der Waals surface area contributed by atoms with Crippen molar-refractivity contribution < 1.29 is 4.79 Å². The SMILES string of the molecule is Nc1ccc(NC(=O)c2cc(Br)sc2Br)nc1. The Balaban J connectivity index is 2.17. The summed E-state index contributed by atoms with van der Waals surface area (Å²) >= 11 is 8.10. The number of aromatic nitrogens is 1. The van der Waals surface area contributed by atoms with Crippen LogP contribution in [0.3, 0.4) is 0 Å². The van der Waals surface area contributed by atoms with E-state index in [-0.39, 0.29) is 5.91 Å². The van der Waals surface area contributed by atoms with Gasteiger partial charge >= 0.3 is 0 Å². The number of carbonyl (C=O) groups excluding carboxylic acids is 1. The summed E-state index contributed by atoms with van der Waals surface area (Å²) in [6, 6.07) is 5.09. The maximum absolute atomic E-state index is 11.9. The van der Waals surface area contributed by atoms with Crippen LogP contribution < -0.4 is 11.1 Å². The molecule has 0 fully saturated rings. The zero-order valence-electron chi connectivity index (χ0n) is 8.41. The predicted molar refractivity (Wildman–Crippen MR) is 76.3 cm³/mol. The van der Waals surface area contributed by atoms with Gasteiger partial charge in [0.2, 0.25) is 0 Å². The topological polar surface area (TPSA) is 68.0 Å². The molecule has 2 heterocycles. The minimum Gasteiger partial charge on any atom is -0.397 e. The van der Waals surface area contributed by atoms with Crippen molar-refractivity contribution in [1.29, 1.82) is 0 Å². The molecule has 0 atom stereocenters. The van der Waals surface area contributed by atoms with E-state index in [1.165, 1.54) is 17.5 Å². The standard InChI is InChI=1S/C10H7Br2N3OS/c11-7-3-6(9(12)17-7)10(16)15-8-2-1-5(13)4-14-8/h1-4H,13H2,(H,14,15,16). The molecule has 0 saturated carbocycles. The zero-order valence-corrected chi connectivity index (χ0v) is 12.4. The van der Waals surface area contributed by atoms with Crippen molar-refractivity contribution in [2.75, 3.05) is 11.1 Å². The van der Waals surface area contributed by atoms with Gasteiger partial charge in [-0.2, -0.15) is 0 Å². The molecule has 7 heteroatoms. The number of hydrogen-bond acceptors (Lipinski definition) is 4. The van der Waals surface area contributed by atoms with Crippen LogP contribution in [-0.4, -0.2) is 10.9 Å². The number of carbonyl (C=O) groups is 1. The van der Waals surface area contributed by atoms with Gasteiger partial charge in [-0.3, -0.25) is 4.79 Å². The molecule has 2 aromatic heterocycles. The highest BCUT2D eigenvalue weighted by Gasteiger charge is 2.14. The summed E-state index contributed by atoms with van der Waals surface area (Å²) in [5.74, 6) is 0.259. The molecule has 0 aliphatic carbocycles. The van der Waals surface area contributed by atoms with Crippen molar-refractivity contribution in [3.8, 4) is 0 Å². The first kappa shape index (κ1) is 12.5. The van der Waals surface area contributed by atoms with E-state index in [4.69, 9.17) is 5.73 Å². The van der Waals surface area contributed by atoms with Crippen molar-refractivity contribution in [1.82, 2.24) is 4.98 Å². The van der Waals surface area contributed by atoms with Crippen molar-refractivity contribution >= 4 is 60.6 Å². The number of pyridine rings is 1. The fraction of sp³-hybridized carbons (Fsp3) is 0.